The fourth-order valence-electron chi connectivity index (χ4n) is 2.12. The number of hydrogen-bond acceptors (Lipinski definition) is 3. The molecule has 1 aliphatic carbocycles. The zero-order valence-electron chi connectivity index (χ0n) is 12.5. The molecule has 0 aromatic carbocycles. The van der Waals surface area contributed by atoms with Crippen molar-refractivity contribution in [3.63, 3.8) is 0 Å². The Balaban J connectivity index is 2.24. The largest absolute Gasteiger partial charge is 0.394 e. The van der Waals surface area contributed by atoms with Gasteiger partial charge in [-0.1, -0.05) is 20.8 Å². The van der Waals surface area contributed by atoms with Crippen LogP contribution in [-0.4, -0.2) is 36.0 Å². The molecule has 2 unspecified atom stereocenters. The van der Waals surface area contributed by atoms with Crippen molar-refractivity contribution >= 4 is 0 Å². The highest BCUT2D eigenvalue weighted by molar-refractivity contribution is 4.94. The summed E-state index contributed by atoms with van der Waals surface area (Å²) in [5.74, 6) is 0.573. The molecule has 3 nitrogen and oxygen atoms in total. The SMILES string of the molecule is CCC(CO)(CCCOC(C)C(C)C)NC1CC1. The first-order valence-corrected chi connectivity index (χ1v) is 7.53. The lowest BCUT2D eigenvalue weighted by atomic mass is 9.91. The predicted molar refractivity (Wildman–Crippen MR) is 75.8 cm³/mol. The number of aliphatic hydroxyl groups excluding tert-OH is 1. The summed E-state index contributed by atoms with van der Waals surface area (Å²) in [6.45, 7) is 9.69. The van der Waals surface area contributed by atoms with E-state index in [9.17, 15) is 5.11 Å². The monoisotopic (exact) mass is 257 g/mol. The smallest absolute Gasteiger partial charge is 0.0613 e. The lowest BCUT2D eigenvalue weighted by Gasteiger charge is -2.32. The van der Waals surface area contributed by atoms with Crippen LogP contribution >= 0.6 is 0 Å². The van der Waals surface area contributed by atoms with E-state index in [4.69, 9.17) is 4.74 Å². The third-order valence-electron chi connectivity index (χ3n) is 4.19. The highest BCUT2D eigenvalue weighted by Gasteiger charge is 2.33. The van der Waals surface area contributed by atoms with Crippen LogP contribution in [0.2, 0.25) is 0 Å². The molecule has 108 valence electrons. The first-order valence-electron chi connectivity index (χ1n) is 7.53. The molecule has 0 aliphatic heterocycles. The zero-order valence-corrected chi connectivity index (χ0v) is 12.5. The van der Waals surface area contributed by atoms with Crippen molar-refractivity contribution in [2.75, 3.05) is 13.2 Å². The molecular weight excluding hydrogens is 226 g/mol. The molecule has 0 amide bonds. The van der Waals surface area contributed by atoms with Gasteiger partial charge in [-0.15, -0.1) is 0 Å². The summed E-state index contributed by atoms with van der Waals surface area (Å²) in [5.41, 5.74) is -0.0778. The van der Waals surface area contributed by atoms with Crippen LogP contribution < -0.4 is 5.32 Å². The fraction of sp³-hybridized carbons (Fsp3) is 1.00. The quantitative estimate of drug-likeness (QED) is 0.591. The molecule has 0 bridgehead atoms. The van der Waals surface area contributed by atoms with Gasteiger partial charge in [-0.25, -0.2) is 0 Å². The normalized spacial score (nSPS) is 21.0. The average Bonchev–Trinajstić information content (AvgIpc) is 3.16. The second-order valence-corrected chi connectivity index (χ2v) is 6.13. The van der Waals surface area contributed by atoms with E-state index in [1.807, 2.05) is 0 Å². The molecule has 18 heavy (non-hydrogen) atoms. The van der Waals surface area contributed by atoms with E-state index in [1.54, 1.807) is 0 Å². The molecule has 0 heterocycles. The van der Waals surface area contributed by atoms with E-state index in [-0.39, 0.29) is 12.1 Å². The van der Waals surface area contributed by atoms with Crippen molar-refractivity contribution in [3.8, 4) is 0 Å². The van der Waals surface area contributed by atoms with Gasteiger partial charge in [-0.05, 0) is 44.9 Å². The Morgan fingerprint density at radius 2 is 2.00 bits per heavy atom. The maximum absolute atomic E-state index is 9.65. The van der Waals surface area contributed by atoms with Crippen LogP contribution in [0, 0.1) is 5.92 Å². The minimum absolute atomic E-state index is 0.0778. The van der Waals surface area contributed by atoms with Crippen molar-refractivity contribution in [1.29, 1.82) is 0 Å². The van der Waals surface area contributed by atoms with Crippen molar-refractivity contribution in [3.05, 3.63) is 0 Å². The van der Waals surface area contributed by atoms with Crippen molar-refractivity contribution in [2.24, 2.45) is 5.92 Å². The Bertz CT molecular complexity index is 223. The molecule has 0 saturated heterocycles. The van der Waals surface area contributed by atoms with E-state index >= 15 is 0 Å². The number of hydrogen-bond donors (Lipinski definition) is 2. The van der Waals surface area contributed by atoms with Crippen LogP contribution in [0.1, 0.15) is 59.8 Å². The molecule has 1 aliphatic rings. The van der Waals surface area contributed by atoms with Crippen LogP contribution in [0.5, 0.6) is 0 Å². The zero-order chi connectivity index (χ0) is 13.6. The first-order chi connectivity index (χ1) is 8.53. The van der Waals surface area contributed by atoms with Crippen LogP contribution in [0.4, 0.5) is 0 Å². The van der Waals surface area contributed by atoms with Crippen LogP contribution in [0.15, 0.2) is 0 Å². The van der Waals surface area contributed by atoms with Gasteiger partial charge in [-0.2, -0.15) is 0 Å². The minimum atomic E-state index is -0.0778. The molecule has 1 saturated carbocycles. The lowest BCUT2D eigenvalue weighted by molar-refractivity contribution is 0.0270. The molecule has 0 radical (unpaired) electrons. The van der Waals surface area contributed by atoms with Crippen LogP contribution in [0.3, 0.4) is 0 Å². The Kier molecular flexibility index (Phi) is 6.61. The summed E-state index contributed by atoms with van der Waals surface area (Å²) < 4.78 is 5.80. The van der Waals surface area contributed by atoms with Gasteiger partial charge >= 0.3 is 0 Å². The summed E-state index contributed by atoms with van der Waals surface area (Å²) in [5, 5.41) is 13.3. The number of ether oxygens (including phenoxy) is 1. The van der Waals surface area contributed by atoms with Crippen LogP contribution in [0.25, 0.3) is 0 Å². The summed E-state index contributed by atoms with van der Waals surface area (Å²) in [7, 11) is 0. The van der Waals surface area contributed by atoms with E-state index < -0.39 is 0 Å². The Morgan fingerprint density at radius 3 is 2.44 bits per heavy atom. The molecule has 0 aromatic rings. The predicted octanol–water partition coefficient (Wildman–Crippen LogP) is 2.72. The number of rotatable bonds is 10. The molecule has 1 fully saturated rings. The van der Waals surface area contributed by atoms with Gasteiger partial charge in [0.25, 0.3) is 0 Å². The summed E-state index contributed by atoms with van der Waals surface area (Å²) in [4.78, 5) is 0. The number of nitrogens with one attached hydrogen (secondary N) is 1. The van der Waals surface area contributed by atoms with Gasteiger partial charge in [0.15, 0.2) is 0 Å². The molecule has 1 rings (SSSR count). The van der Waals surface area contributed by atoms with Crippen molar-refractivity contribution in [2.45, 2.75) is 77.5 Å². The second-order valence-electron chi connectivity index (χ2n) is 6.13. The van der Waals surface area contributed by atoms with Gasteiger partial charge in [0.05, 0.1) is 12.7 Å². The molecule has 2 atom stereocenters. The molecule has 0 spiro atoms. The molecule has 2 N–H and O–H groups in total. The van der Waals surface area contributed by atoms with Gasteiger partial charge in [0, 0.05) is 18.2 Å². The summed E-state index contributed by atoms with van der Waals surface area (Å²) >= 11 is 0. The van der Waals surface area contributed by atoms with Gasteiger partial charge in [0.1, 0.15) is 0 Å². The van der Waals surface area contributed by atoms with Gasteiger partial charge in [0.2, 0.25) is 0 Å². The van der Waals surface area contributed by atoms with E-state index in [1.165, 1.54) is 12.8 Å². The van der Waals surface area contributed by atoms with E-state index in [0.29, 0.717) is 18.1 Å². The van der Waals surface area contributed by atoms with Crippen LogP contribution in [-0.2, 0) is 4.74 Å². The topological polar surface area (TPSA) is 41.5 Å². The standard InChI is InChI=1S/C15H31NO2/c1-5-15(11-17,16-14-7-8-14)9-6-10-18-13(4)12(2)3/h12-14,16-17H,5-11H2,1-4H3. The third-order valence-corrected chi connectivity index (χ3v) is 4.19. The highest BCUT2D eigenvalue weighted by atomic mass is 16.5. The fourth-order valence-corrected chi connectivity index (χ4v) is 2.12. The Morgan fingerprint density at radius 1 is 1.33 bits per heavy atom. The minimum Gasteiger partial charge on any atom is -0.394 e. The summed E-state index contributed by atoms with van der Waals surface area (Å²) in [6.07, 6.45) is 5.86. The Labute approximate surface area is 112 Å². The maximum atomic E-state index is 9.65. The lowest BCUT2D eigenvalue weighted by Crippen LogP contribution is -2.49. The molecule has 0 aromatic heterocycles. The first kappa shape index (κ1) is 15.9. The van der Waals surface area contributed by atoms with Crippen molar-refractivity contribution in [1.82, 2.24) is 5.32 Å². The summed E-state index contributed by atoms with van der Waals surface area (Å²) in [6, 6.07) is 0.646. The number of aliphatic hydroxyl groups is 1. The van der Waals surface area contributed by atoms with E-state index in [2.05, 4.69) is 33.0 Å². The van der Waals surface area contributed by atoms with E-state index in [0.717, 1.165) is 25.9 Å². The van der Waals surface area contributed by atoms with Gasteiger partial charge in [-0.3, -0.25) is 0 Å². The average molecular weight is 257 g/mol. The van der Waals surface area contributed by atoms with Crippen molar-refractivity contribution < 1.29 is 9.84 Å². The molecule has 3 heteroatoms. The second kappa shape index (κ2) is 7.46. The van der Waals surface area contributed by atoms with Gasteiger partial charge < -0.3 is 15.2 Å². The third kappa shape index (κ3) is 5.25. The maximum Gasteiger partial charge on any atom is 0.0613 e. The Hall–Kier alpha value is -0.120. The molecular formula is C15H31NO2. The highest BCUT2D eigenvalue weighted by Crippen LogP contribution is 2.26.